The molecular formula is C14H23NO3. The molecule has 0 saturated carbocycles. The Labute approximate surface area is 109 Å². The van der Waals surface area contributed by atoms with Crippen molar-refractivity contribution in [2.75, 3.05) is 0 Å². The summed E-state index contributed by atoms with van der Waals surface area (Å²) in [4.78, 5) is 23.8. The Kier molecular flexibility index (Phi) is 3.73. The summed E-state index contributed by atoms with van der Waals surface area (Å²) in [7, 11) is 0. The molecule has 1 N–H and O–H groups in total. The topological polar surface area (TPSA) is 55.4 Å². The fraction of sp³-hybridized carbons (Fsp3) is 0.714. The summed E-state index contributed by atoms with van der Waals surface area (Å²) in [5.74, 6) is -0.454. The molecule has 0 radical (unpaired) electrons. The quantitative estimate of drug-likeness (QED) is 0.765. The van der Waals surface area contributed by atoms with E-state index in [1.165, 1.54) is 6.08 Å². The third kappa shape index (κ3) is 3.95. The van der Waals surface area contributed by atoms with Crippen LogP contribution in [0.3, 0.4) is 0 Å². The van der Waals surface area contributed by atoms with Gasteiger partial charge in [0.05, 0.1) is 0 Å². The third-order valence-electron chi connectivity index (χ3n) is 2.37. The highest BCUT2D eigenvalue weighted by Crippen LogP contribution is 2.27. The summed E-state index contributed by atoms with van der Waals surface area (Å²) >= 11 is 0. The average molecular weight is 253 g/mol. The number of allylic oxidation sites excluding steroid dienone is 1. The molecule has 0 unspecified atom stereocenters. The van der Waals surface area contributed by atoms with Gasteiger partial charge in [0.25, 0.3) is 0 Å². The lowest BCUT2D eigenvalue weighted by Gasteiger charge is -2.36. The fourth-order valence-electron chi connectivity index (χ4n) is 1.94. The molecule has 0 fully saturated rings. The molecule has 18 heavy (non-hydrogen) atoms. The first kappa shape index (κ1) is 14.9. The lowest BCUT2D eigenvalue weighted by Crippen LogP contribution is -2.58. The van der Waals surface area contributed by atoms with Crippen LogP contribution < -0.4 is 5.32 Å². The maximum Gasteiger partial charge on any atom is 0.331 e. The first-order valence-corrected chi connectivity index (χ1v) is 6.18. The first-order valence-electron chi connectivity index (χ1n) is 6.18. The zero-order valence-electron chi connectivity index (χ0n) is 12.1. The van der Waals surface area contributed by atoms with Crippen LogP contribution >= 0.6 is 0 Å². The number of esters is 1. The fourth-order valence-corrected chi connectivity index (χ4v) is 1.94. The molecule has 0 heterocycles. The summed E-state index contributed by atoms with van der Waals surface area (Å²) in [6.45, 7) is 11.3. The van der Waals surface area contributed by atoms with Crippen molar-refractivity contribution in [2.24, 2.45) is 0 Å². The molecule has 1 aliphatic carbocycles. The van der Waals surface area contributed by atoms with E-state index < -0.39 is 17.1 Å². The van der Waals surface area contributed by atoms with Crippen LogP contribution in [0.5, 0.6) is 0 Å². The van der Waals surface area contributed by atoms with Crippen LogP contribution in [0.4, 0.5) is 0 Å². The second-order valence-corrected chi connectivity index (χ2v) is 6.82. The molecule has 4 heteroatoms. The van der Waals surface area contributed by atoms with Crippen LogP contribution in [-0.4, -0.2) is 28.4 Å². The van der Waals surface area contributed by atoms with Crippen molar-refractivity contribution < 1.29 is 14.3 Å². The van der Waals surface area contributed by atoms with Crippen molar-refractivity contribution in [3.63, 3.8) is 0 Å². The minimum atomic E-state index is -1.03. The van der Waals surface area contributed by atoms with Gasteiger partial charge in [-0.25, -0.2) is 4.79 Å². The lowest BCUT2D eigenvalue weighted by atomic mass is 9.93. The zero-order valence-corrected chi connectivity index (χ0v) is 12.1. The molecule has 0 amide bonds. The second kappa shape index (κ2) is 4.50. The SMILES string of the molecule is CC(C)(C)N[C@@]1(C(=O)OC(C)(C)C)C=CC(=O)C1. The summed E-state index contributed by atoms with van der Waals surface area (Å²) in [5.41, 5.74) is -1.88. The first-order chi connectivity index (χ1) is 7.94. The largest absolute Gasteiger partial charge is 0.458 e. The highest BCUT2D eigenvalue weighted by molar-refractivity contribution is 6.01. The number of ether oxygens (including phenoxy) is 1. The molecule has 0 aromatic heterocycles. The monoisotopic (exact) mass is 253 g/mol. The average Bonchev–Trinajstić information content (AvgIpc) is 2.42. The molecule has 0 aromatic carbocycles. The van der Waals surface area contributed by atoms with E-state index in [2.05, 4.69) is 5.32 Å². The van der Waals surface area contributed by atoms with Crippen LogP contribution in [0.1, 0.15) is 48.0 Å². The van der Waals surface area contributed by atoms with E-state index in [4.69, 9.17) is 4.74 Å². The Morgan fingerprint density at radius 1 is 1.28 bits per heavy atom. The number of hydrogen-bond donors (Lipinski definition) is 1. The van der Waals surface area contributed by atoms with Crippen molar-refractivity contribution >= 4 is 11.8 Å². The Morgan fingerprint density at radius 3 is 2.17 bits per heavy atom. The summed E-state index contributed by atoms with van der Waals surface area (Å²) < 4.78 is 5.41. The van der Waals surface area contributed by atoms with Gasteiger partial charge < -0.3 is 4.74 Å². The Balaban J connectivity index is 2.97. The van der Waals surface area contributed by atoms with Crippen molar-refractivity contribution in [2.45, 2.75) is 64.6 Å². The number of nitrogens with one attached hydrogen (secondary N) is 1. The minimum absolute atomic E-state index is 0.0578. The molecule has 0 saturated heterocycles. The van der Waals surface area contributed by atoms with Gasteiger partial charge in [0.2, 0.25) is 0 Å². The minimum Gasteiger partial charge on any atom is -0.458 e. The number of carbonyl (C=O) groups excluding carboxylic acids is 2. The van der Waals surface area contributed by atoms with Gasteiger partial charge >= 0.3 is 5.97 Å². The number of rotatable bonds is 2. The van der Waals surface area contributed by atoms with E-state index in [1.54, 1.807) is 6.08 Å². The summed E-state index contributed by atoms with van der Waals surface area (Å²) in [6.07, 6.45) is 3.19. The van der Waals surface area contributed by atoms with Crippen molar-refractivity contribution in [3.8, 4) is 0 Å². The van der Waals surface area contributed by atoms with Crippen LogP contribution in [0.2, 0.25) is 0 Å². The standard InChI is InChI=1S/C14H23NO3/c1-12(2,3)15-14(8-7-10(16)9-14)11(17)18-13(4,5)6/h7-8,15H,9H2,1-6H3/t14-/m0/s1. The Morgan fingerprint density at radius 2 is 1.83 bits per heavy atom. The molecule has 1 rings (SSSR count). The Hall–Kier alpha value is -1.16. The van der Waals surface area contributed by atoms with E-state index in [0.717, 1.165) is 0 Å². The highest BCUT2D eigenvalue weighted by atomic mass is 16.6. The molecule has 102 valence electrons. The zero-order chi connectivity index (χ0) is 14.2. The molecule has 1 aliphatic rings. The molecule has 1 atom stereocenters. The summed E-state index contributed by atoms with van der Waals surface area (Å²) in [6, 6.07) is 0. The van der Waals surface area contributed by atoms with Crippen LogP contribution in [-0.2, 0) is 14.3 Å². The normalized spacial score (nSPS) is 24.4. The lowest BCUT2D eigenvalue weighted by molar-refractivity contribution is -0.162. The third-order valence-corrected chi connectivity index (χ3v) is 2.37. The van der Waals surface area contributed by atoms with E-state index >= 15 is 0 Å². The summed E-state index contributed by atoms with van der Waals surface area (Å²) in [5, 5.41) is 3.20. The van der Waals surface area contributed by atoms with Gasteiger partial charge in [-0.3, -0.25) is 10.1 Å². The molecule has 0 bridgehead atoms. The van der Waals surface area contributed by atoms with Crippen molar-refractivity contribution in [1.82, 2.24) is 5.32 Å². The number of carbonyl (C=O) groups is 2. The molecular weight excluding hydrogens is 230 g/mol. The predicted octanol–water partition coefficient (Wildman–Crippen LogP) is 1.98. The Bertz CT molecular complexity index is 385. The van der Waals surface area contributed by atoms with Gasteiger partial charge in [0, 0.05) is 12.0 Å². The number of ketones is 1. The van der Waals surface area contributed by atoms with Gasteiger partial charge in [0.15, 0.2) is 5.78 Å². The van der Waals surface area contributed by atoms with Crippen molar-refractivity contribution in [1.29, 1.82) is 0 Å². The molecule has 0 aromatic rings. The van der Waals surface area contributed by atoms with Gasteiger partial charge in [-0.2, -0.15) is 0 Å². The van der Waals surface area contributed by atoms with Crippen LogP contribution in [0.15, 0.2) is 12.2 Å². The maximum atomic E-state index is 12.3. The predicted molar refractivity (Wildman–Crippen MR) is 70.2 cm³/mol. The smallest absolute Gasteiger partial charge is 0.331 e. The van der Waals surface area contributed by atoms with Crippen molar-refractivity contribution in [3.05, 3.63) is 12.2 Å². The van der Waals surface area contributed by atoms with E-state index in [0.29, 0.717) is 0 Å². The van der Waals surface area contributed by atoms with Gasteiger partial charge in [0.1, 0.15) is 11.1 Å². The van der Waals surface area contributed by atoms with Crippen LogP contribution in [0, 0.1) is 0 Å². The second-order valence-electron chi connectivity index (χ2n) is 6.82. The molecule has 0 aliphatic heterocycles. The molecule has 0 spiro atoms. The number of hydrogen-bond acceptors (Lipinski definition) is 4. The van der Waals surface area contributed by atoms with Gasteiger partial charge in [-0.15, -0.1) is 0 Å². The van der Waals surface area contributed by atoms with E-state index in [1.807, 2.05) is 41.5 Å². The van der Waals surface area contributed by atoms with Crippen LogP contribution in [0.25, 0.3) is 0 Å². The highest BCUT2D eigenvalue weighted by Gasteiger charge is 2.46. The maximum absolute atomic E-state index is 12.3. The van der Waals surface area contributed by atoms with E-state index in [-0.39, 0.29) is 17.7 Å². The van der Waals surface area contributed by atoms with Gasteiger partial charge in [-0.1, -0.05) is 0 Å². The van der Waals surface area contributed by atoms with E-state index in [9.17, 15) is 9.59 Å². The van der Waals surface area contributed by atoms with Gasteiger partial charge in [-0.05, 0) is 53.7 Å². The molecule has 4 nitrogen and oxygen atoms in total.